The predicted molar refractivity (Wildman–Crippen MR) is 84.7 cm³/mol. The first kappa shape index (κ1) is 15.2. The Bertz CT molecular complexity index is 620. The Morgan fingerprint density at radius 2 is 1.90 bits per heavy atom. The highest BCUT2D eigenvalue weighted by Gasteiger charge is 2.19. The normalized spacial score (nSPS) is 11.3. The van der Waals surface area contributed by atoms with Gasteiger partial charge in [-0.15, -0.1) is 0 Å². The number of ether oxygens (including phenoxy) is 1. The molecule has 0 radical (unpaired) electrons. The highest BCUT2D eigenvalue weighted by atomic mass is 16.5. The number of methoxy groups -OCH3 is 1. The second-order valence-corrected chi connectivity index (χ2v) is 5.86. The van der Waals surface area contributed by atoms with Crippen molar-refractivity contribution in [2.75, 3.05) is 19.0 Å². The van der Waals surface area contributed by atoms with E-state index in [0.717, 1.165) is 29.4 Å². The zero-order valence-corrected chi connectivity index (χ0v) is 13.3. The summed E-state index contributed by atoms with van der Waals surface area (Å²) in [6.45, 7) is 9.17. The molecule has 2 aromatic heterocycles. The van der Waals surface area contributed by atoms with Gasteiger partial charge in [-0.3, -0.25) is 4.98 Å². The Morgan fingerprint density at radius 3 is 2.52 bits per heavy atom. The molecule has 5 nitrogen and oxygen atoms in total. The van der Waals surface area contributed by atoms with Gasteiger partial charge in [-0.25, -0.2) is 9.97 Å². The van der Waals surface area contributed by atoms with Gasteiger partial charge in [0.05, 0.1) is 19.0 Å². The molecule has 2 heterocycles. The van der Waals surface area contributed by atoms with Gasteiger partial charge >= 0.3 is 0 Å². The quantitative estimate of drug-likeness (QED) is 0.934. The second-order valence-electron chi connectivity index (χ2n) is 5.86. The maximum atomic E-state index is 5.23. The molecule has 0 aliphatic rings. The summed E-state index contributed by atoms with van der Waals surface area (Å²) in [6.07, 6.45) is 3.47. The Labute approximate surface area is 125 Å². The molecule has 0 aliphatic carbocycles. The zero-order valence-electron chi connectivity index (χ0n) is 13.3. The van der Waals surface area contributed by atoms with Crippen molar-refractivity contribution in [1.29, 1.82) is 0 Å². The second kappa shape index (κ2) is 6.08. The summed E-state index contributed by atoms with van der Waals surface area (Å²) in [5, 5.41) is 3.26. The molecule has 0 aromatic carbocycles. The molecule has 5 heteroatoms. The third-order valence-corrected chi connectivity index (χ3v) is 3.00. The maximum Gasteiger partial charge on any atom is 0.137 e. The fraction of sp³-hybridized carbons (Fsp3) is 0.438. The zero-order chi connectivity index (χ0) is 15.5. The van der Waals surface area contributed by atoms with Crippen molar-refractivity contribution in [3.8, 4) is 17.0 Å². The number of rotatable bonds is 4. The van der Waals surface area contributed by atoms with E-state index in [-0.39, 0.29) is 5.41 Å². The molecule has 2 aromatic rings. The molecule has 0 fully saturated rings. The molecule has 0 bridgehead atoms. The predicted octanol–water partition coefficient (Wildman–Crippen LogP) is 3.28. The minimum absolute atomic E-state index is 0.119. The van der Waals surface area contributed by atoms with Crippen molar-refractivity contribution in [3.05, 3.63) is 30.4 Å². The van der Waals surface area contributed by atoms with Crippen LogP contribution in [0.3, 0.4) is 0 Å². The Kier molecular flexibility index (Phi) is 4.40. The lowest BCUT2D eigenvalue weighted by molar-refractivity contribution is 0.413. The number of anilines is 1. The lowest BCUT2D eigenvalue weighted by atomic mass is 9.95. The molecule has 0 saturated heterocycles. The van der Waals surface area contributed by atoms with E-state index in [4.69, 9.17) is 4.74 Å². The van der Waals surface area contributed by atoms with E-state index in [1.54, 1.807) is 19.5 Å². The summed E-state index contributed by atoms with van der Waals surface area (Å²) in [5.41, 5.74) is 1.64. The van der Waals surface area contributed by atoms with Crippen LogP contribution in [0.2, 0.25) is 0 Å². The Hall–Kier alpha value is -2.17. The van der Waals surface area contributed by atoms with Crippen LogP contribution in [0.5, 0.6) is 5.75 Å². The van der Waals surface area contributed by atoms with Crippen molar-refractivity contribution < 1.29 is 4.74 Å². The van der Waals surface area contributed by atoms with Gasteiger partial charge in [0, 0.05) is 29.8 Å². The maximum absolute atomic E-state index is 5.23. The van der Waals surface area contributed by atoms with Crippen molar-refractivity contribution in [3.63, 3.8) is 0 Å². The van der Waals surface area contributed by atoms with E-state index < -0.39 is 0 Å². The fourth-order valence-electron chi connectivity index (χ4n) is 1.87. The summed E-state index contributed by atoms with van der Waals surface area (Å²) in [7, 11) is 1.63. The van der Waals surface area contributed by atoms with Crippen LogP contribution in [0.1, 0.15) is 33.5 Å². The van der Waals surface area contributed by atoms with E-state index in [1.165, 1.54) is 0 Å². The SMILES string of the molecule is CCNc1cc(-c2cncc(OC)c2)nc(C(C)(C)C)n1. The van der Waals surface area contributed by atoms with E-state index in [1.807, 2.05) is 19.1 Å². The minimum atomic E-state index is -0.119. The number of hydrogen-bond donors (Lipinski definition) is 1. The fourth-order valence-corrected chi connectivity index (χ4v) is 1.87. The number of aromatic nitrogens is 3. The van der Waals surface area contributed by atoms with Gasteiger partial charge in [-0.05, 0) is 13.0 Å². The number of pyridine rings is 1. The summed E-state index contributed by atoms with van der Waals surface area (Å²) in [6, 6.07) is 3.87. The van der Waals surface area contributed by atoms with Gasteiger partial charge < -0.3 is 10.1 Å². The van der Waals surface area contributed by atoms with Gasteiger partial charge in [0.1, 0.15) is 17.4 Å². The highest BCUT2D eigenvalue weighted by molar-refractivity contribution is 5.63. The summed E-state index contributed by atoms with van der Waals surface area (Å²) in [5.74, 6) is 2.35. The lowest BCUT2D eigenvalue weighted by Gasteiger charge is -2.19. The molecule has 0 saturated carbocycles. The van der Waals surface area contributed by atoms with E-state index in [0.29, 0.717) is 5.75 Å². The molecule has 1 N–H and O–H groups in total. The van der Waals surface area contributed by atoms with Gasteiger partial charge in [-0.1, -0.05) is 20.8 Å². The van der Waals surface area contributed by atoms with Crippen LogP contribution < -0.4 is 10.1 Å². The molecule has 0 amide bonds. The average molecular weight is 286 g/mol. The smallest absolute Gasteiger partial charge is 0.137 e. The Balaban J connectivity index is 2.53. The molecular weight excluding hydrogens is 264 g/mol. The highest BCUT2D eigenvalue weighted by Crippen LogP contribution is 2.26. The third kappa shape index (κ3) is 3.68. The number of hydrogen-bond acceptors (Lipinski definition) is 5. The standard InChI is InChI=1S/C16H22N4O/c1-6-18-14-8-13(19-15(20-14)16(2,3)4)11-7-12(21-5)10-17-9-11/h7-10H,6H2,1-5H3,(H,18,19,20). The van der Waals surface area contributed by atoms with E-state index in [9.17, 15) is 0 Å². The van der Waals surface area contributed by atoms with Crippen LogP contribution in [0.15, 0.2) is 24.5 Å². The monoisotopic (exact) mass is 286 g/mol. The Morgan fingerprint density at radius 1 is 1.14 bits per heavy atom. The molecule has 112 valence electrons. The molecule has 0 unspecified atom stereocenters. The minimum Gasteiger partial charge on any atom is -0.495 e. The van der Waals surface area contributed by atoms with Crippen LogP contribution in [0.25, 0.3) is 11.3 Å². The first-order chi connectivity index (χ1) is 9.94. The average Bonchev–Trinajstić information content (AvgIpc) is 2.46. The van der Waals surface area contributed by atoms with Crippen LogP contribution in [-0.4, -0.2) is 28.6 Å². The molecule has 0 atom stereocenters. The number of nitrogens with one attached hydrogen (secondary N) is 1. The van der Waals surface area contributed by atoms with Gasteiger partial charge in [-0.2, -0.15) is 0 Å². The summed E-state index contributed by atoms with van der Waals surface area (Å²) < 4.78 is 5.23. The van der Waals surface area contributed by atoms with Gasteiger partial charge in [0.25, 0.3) is 0 Å². The molecular formula is C16H22N4O. The van der Waals surface area contributed by atoms with Crippen molar-refractivity contribution in [2.24, 2.45) is 0 Å². The van der Waals surface area contributed by atoms with E-state index in [2.05, 4.69) is 41.0 Å². The first-order valence-electron chi connectivity index (χ1n) is 7.07. The summed E-state index contributed by atoms with van der Waals surface area (Å²) >= 11 is 0. The topological polar surface area (TPSA) is 59.9 Å². The van der Waals surface area contributed by atoms with Crippen LogP contribution in [-0.2, 0) is 5.41 Å². The molecule has 0 spiro atoms. The van der Waals surface area contributed by atoms with Gasteiger partial charge in [0.2, 0.25) is 0 Å². The van der Waals surface area contributed by atoms with Crippen molar-refractivity contribution >= 4 is 5.82 Å². The largest absolute Gasteiger partial charge is 0.495 e. The van der Waals surface area contributed by atoms with Crippen LogP contribution >= 0.6 is 0 Å². The van der Waals surface area contributed by atoms with Crippen LogP contribution in [0, 0.1) is 0 Å². The van der Waals surface area contributed by atoms with Gasteiger partial charge in [0.15, 0.2) is 0 Å². The van der Waals surface area contributed by atoms with Crippen molar-refractivity contribution in [2.45, 2.75) is 33.1 Å². The van der Waals surface area contributed by atoms with E-state index >= 15 is 0 Å². The lowest BCUT2D eigenvalue weighted by Crippen LogP contribution is -2.17. The van der Waals surface area contributed by atoms with Crippen molar-refractivity contribution in [1.82, 2.24) is 15.0 Å². The molecule has 21 heavy (non-hydrogen) atoms. The summed E-state index contributed by atoms with van der Waals surface area (Å²) in [4.78, 5) is 13.5. The van der Waals surface area contributed by atoms with Crippen LogP contribution in [0.4, 0.5) is 5.82 Å². The molecule has 2 rings (SSSR count). The first-order valence-corrected chi connectivity index (χ1v) is 7.07. The third-order valence-electron chi connectivity index (χ3n) is 3.00. The molecule has 0 aliphatic heterocycles. The number of nitrogens with zero attached hydrogens (tertiary/aromatic N) is 3.